The molecule has 0 radical (unpaired) electrons. The molecule has 6 nitrogen and oxygen atoms in total. The quantitative estimate of drug-likeness (QED) is 0.844. The van der Waals surface area contributed by atoms with Gasteiger partial charge < -0.3 is 24.8 Å². The van der Waals surface area contributed by atoms with Gasteiger partial charge >= 0.3 is 6.03 Å². The predicted octanol–water partition coefficient (Wildman–Crippen LogP) is 3.45. The Morgan fingerprint density at radius 1 is 1.19 bits per heavy atom. The Hall–Kier alpha value is -2.44. The highest BCUT2D eigenvalue weighted by molar-refractivity contribution is 6.33. The molecule has 2 aromatic carbocycles. The summed E-state index contributed by atoms with van der Waals surface area (Å²) in [6.45, 7) is 1.03. The highest BCUT2D eigenvalue weighted by atomic mass is 35.5. The number of anilines is 1. The number of fused-ring (bicyclic) bond motifs is 1. The Bertz CT molecular complexity index is 829. The van der Waals surface area contributed by atoms with Gasteiger partial charge in [0.15, 0.2) is 11.5 Å². The van der Waals surface area contributed by atoms with Crippen molar-refractivity contribution in [3.8, 4) is 11.5 Å². The number of hydrogen-bond acceptors (Lipinski definition) is 4. The summed E-state index contributed by atoms with van der Waals surface area (Å²) in [5.41, 5.74) is 1.56. The molecule has 2 aliphatic heterocycles. The van der Waals surface area contributed by atoms with E-state index in [0.29, 0.717) is 29.4 Å². The third-order valence-corrected chi connectivity index (χ3v) is 5.14. The van der Waals surface area contributed by atoms with Crippen LogP contribution in [0, 0.1) is 0 Å². The zero-order valence-electron chi connectivity index (χ0n) is 14.0. The lowest BCUT2D eigenvalue weighted by Gasteiger charge is -2.36. The molecule has 2 atom stereocenters. The summed E-state index contributed by atoms with van der Waals surface area (Å²) in [5.74, 6) is 1.38. The second-order valence-corrected chi connectivity index (χ2v) is 6.84. The smallest absolute Gasteiger partial charge is 0.321 e. The van der Waals surface area contributed by atoms with E-state index in [9.17, 15) is 9.90 Å². The van der Waals surface area contributed by atoms with Gasteiger partial charge in [-0.3, -0.25) is 0 Å². The van der Waals surface area contributed by atoms with E-state index in [-0.39, 0.29) is 25.3 Å². The van der Waals surface area contributed by atoms with Gasteiger partial charge in [-0.15, -0.1) is 0 Å². The van der Waals surface area contributed by atoms with Crippen molar-refractivity contribution in [2.75, 3.05) is 25.2 Å². The van der Waals surface area contributed by atoms with E-state index in [4.69, 9.17) is 21.1 Å². The van der Waals surface area contributed by atoms with Crippen molar-refractivity contribution in [3.05, 3.63) is 53.1 Å². The fraction of sp³-hybridized carbons (Fsp3) is 0.316. The number of aliphatic hydroxyl groups is 1. The Balaban J connectivity index is 1.42. The van der Waals surface area contributed by atoms with Crippen molar-refractivity contribution in [2.45, 2.75) is 18.4 Å². The number of aliphatic hydroxyl groups excluding tert-OH is 1. The summed E-state index contributed by atoms with van der Waals surface area (Å²) in [4.78, 5) is 14.1. The van der Waals surface area contributed by atoms with Gasteiger partial charge in [0.2, 0.25) is 6.79 Å². The molecule has 0 unspecified atom stereocenters. The van der Waals surface area contributed by atoms with E-state index in [0.717, 1.165) is 11.3 Å². The lowest BCUT2D eigenvalue weighted by Crippen LogP contribution is -2.47. The van der Waals surface area contributed by atoms with E-state index in [1.54, 1.807) is 23.1 Å². The van der Waals surface area contributed by atoms with Crippen LogP contribution in [0.5, 0.6) is 11.5 Å². The van der Waals surface area contributed by atoms with Crippen molar-refractivity contribution >= 4 is 23.3 Å². The van der Waals surface area contributed by atoms with Gasteiger partial charge in [0.05, 0.1) is 16.8 Å². The van der Waals surface area contributed by atoms with E-state index in [2.05, 4.69) is 5.32 Å². The Labute approximate surface area is 156 Å². The zero-order valence-corrected chi connectivity index (χ0v) is 14.8. The van der Waals surface area contributed by atoms with Crippen molar-refractivity contribution in [2.24, 2.45) is 0 Å². The van der Waals surface area contributed by atoms with Gasteiger partial charge in [0, 0.05) is 19.0 Å². The number of nitrogens with one attached hydrogen (secondary N) is 1. The minimum atomic E-state index is -0.652. The van der Waals surface area contributed by atoms with Crippen LogP contribution in [-0.2, 0) is 0 Å². The first-order valence-corrected chi connectivity index (χ1v) is 8.87. The molecule has 2 aliphatic rings. The van der Waals surface area contributed by atoms with Crippen LogP contribution in [0.1, 0.15) is 17.9 Å². The Morgan fingerprint density at radius 2 is 2.00 bits per heavy atom. The van der Waals surface area contributed by atoms with Gasteiger partial charge in [-0.05, 0) is 36.2 Å². The molecule has 7 heteroatoms. The normalized spacial score (nSPS) is 21.5. The summed E-state index contributed by atoms with van der Waals surface area (Å²) in [6, 6.07) is 12.5. The fourth-order valence-electron chi connectivity index (χ4n) is 3.41. The SMILES string of the molecule is O=C(Nc1ccccc1Cl)N1CC[C@@H](c2ccc3c(c2)OCO3)[C@H](O)C1. The number of para-hydroxylation sites is 1. The molecule has 2 amide bonds. The second-order valence-electron chi connectivity index (χ2n) is 6.43. The Morgan fingerprint density at radius 3 is 2.81 bits per heavy atom. The minimum absolute atomic E-state index is 0.0473. The molecule has 2 N–H and O–H groups in total. The average Bonchev–Trinajstić information content (AvgIpc) is 3.11. The first-order valence-electron chi connectivity index (χ1n) is 8.50. The number of carbonyl (C=O) groups is 1. The number of ether oxygens (including phenoxy) is 2. The first-order chi connectivity index (χ1) is 12.6. The lowest BCUT2D eigenvalue weighted by atomic mass is 9.87. The third-order valence-electron chi connectivity index (χ3n) is 4.81. The second kappa shape index (κ2) is 7.05. The summed E-state index contributed by atoms with van der Waals surface area (Å²) in [5, 5.41) is 13.9. The topological polar surface area (TPSA) is 71.0 Å². The number of carbonyl (C=O) groups excluding carboxylic acids is 1. The summed E-state index contributed by atoms with van der Waals surface area (Å²) < 4.78 is 10.7. The van der Waals surface area contributed by atoms with Gasteiger partial charge in [-0.2, -0.15) is 0 Å². The van der Waals surface area contributed by atoms with Crippen LogP contribution in [0.4, 0.5) is 10.5 Å². The molecule has 1 saturated heterocycles. The van der Waals surface area contributed by atoms with Gasteiger partial charge in [-0.25, -0.2) is 4.79 Å². The van der Waals surface area contributed by atoms with Crippen LogP contribution in [0.2, 0.25) is 5.02 Å². The maximum atomic E-state index is 12.5. The predicted molar refractivity (Wildman–Crippen MR) is 98.0 cm³/mol. The number of rotatable bonds is 2. The van der Waals surface area contributed by atoms with Crippen LogP contribution in [-0.4, -0.2) is 42.0 Å². The lowest BCUT2D eigenvalue weighted by molar-refractivity contribution is 0.0688. The zero-order chi connectivity index (χ0) is 18.1. The monoisotopic (exact) mass is 374 g/mol. The van der Waals surface area contributed by atoms with Gasteiger partial charge in [-0.1, -0.05) is 29.8 Å². The molecule has 0 bridgehead atoms. The number of benzene rings is 2. The van der Waals surface area contributed by atoms with Crippen molar-refractivity contribution in [3.63, 3.8) is 0 Å². The number of likely N-dealkylation sites (tertiary alicyclic amines) is 1. The number of piperidine rings is 1. The van der Waals surface area contributed by atoms with Crippen LogP contribution in [0.3, 0.4) is 0 Å². The Kier molecular flexibility index (Phi) is 4.61. The van der Waals surface area contributed by atoms with Gasteiger partial charge in [0.1, 0.15) is 0 Å². The van der Waals surface area contributed by atoms with Crippen LogP contribution in [0.15, 0.2) is 42.5 Å². The summed E-state index contributed by atoms with van der Waals surface area (Å²) >= 11 is 6.08. The fourth-order valence-corrected chi connectivity index (χ4v) is 3.59. The maximum Gasteiger partial charge on any atom is 0.321 e. The van der Waals surface area contributed by atoms with E-state index >= 15 is 0 Å². The molecule has 0 aliphatic carbocycles. The molecule has 1 fully saturated rings. The van der Waals surface area contributed by atoms with Crippen molar-refractivity contribution < 1.29 is 19.4 Å². The number of halogens is 1. The standard InChI is InChI=1S/C19H19ClN2O4/c20-14-3-1-2-4-15(14)21-19(24)22-8-7-13(16(23)10-22)12-5-6-17-18(9-12)26-11-25-17/h1-6,9,13,16,23H,7-8,10-11H2,(H,21,24)/t13-,16+/m0/s1. The minimum Gasteiger partial charge on any atom is -0.454 e. The first kappa shape index (κ1) is 17.0. The molecule has 0 saturated carbocycles. The molecular formula is C19H19ClN2O4. The average molecular weight is 375 g/mol. The number of nitrogens with zero attached hydrogens (tertiary/aromatic N) is 1. The molecule has 136 valence electrons. The summed E-state index contributed by atoms with van der Waals surface area (Å²) in [7, 11) is 0. The van der Waals surface area contributed by atoms with Gasteiger partial charge in [0.25, 0.3) is 0 Å². The van der Waals surface area contributed by atoms with Crippen molar-refractivity contribution in [1.29, 1.82) is 0 Å². The largest absolute Gasteiger partial charge is 0.454 e. The van der Waals surface area contributed by atoms with Crippen LogP contribution < -0.4 is 14.8 Å². The van der Waals surface area contributed by atoms with Crippen LogP contribution in [0.25, 0.3) is 0 Å². The van der Waals surface area contributed by atoms with Crippen LogP contribution >= 0.6 is 11.6 Å². The molecule has 0 spiro atoms. The van der Waals surface area contributed by atoms with E-state index in [1.807, 2.05) is 24.3 Å². The van der Waals surface area contributed by atoms with Crippen molar-refractivity contribution in [1.82, 2.24) is 4.90 Å². The molecule has 4 rings (SSSR count). The third kappa shape index (κ3) is 3.30. The maximum absolute atomic E-state index is 12.5. The molecular weight excluding hydrogens is 356 g/mol. The molecule has 2 aromatic rings. The number of β-amino-alcohol motifs (C(OH)–C–C–N with tert-alkyl or cyclic N) is 1. The molecule has 2 heterocycles. The summed E-state index contributed by atoms with van der Waals surface area (Å²) in [6.07, 6.45) is 0.0117. The highest BCUT2D eigenvalue weighted by Crippen LogP contribution is 2.37. The van der Waals surface area contributed by atoms with E-state index < -0.39 is 6.10 Å². The number of amides is 2. The molecule has 0 aromatic heterocycles. The number of urea groups is 1. The number of hydrogen-bond donors (Lipinski definition) is 2. The highest BCUT2D eigenvalue weighted by Gasteiger charge is 2.32. The van der Waals surface area contributed by atoms with E-state index in [1.165, 1.54) is 0 Å². The molecule has 26 heavy (non-hydrogen) atoms.